The number of imidazole rings is 1. The molecule has 0 unspecified atom stereocenters. The highest BCUT2D eigenvalue weighted by Crippen LogP contribution is 2.29. The van der Waals surface area contributed by atoms with Crippen LogP contribution < -0.4 is 0 Å². The number of nitrogens with one attached hydrogen (secondary N) is 1. The van der Waals surface area contributed by atoms with Gasteiger partial charge in [-0.3, -0.25) is 0 Å². The zero-order valence-corrected chi connectivity index (χ0v) is 8.29. The molecular formula is C11H18N2. The Morgan fingerprint density at radius 3 is 2.77 bits per heavy atom. The summed E-state index contributed by atoms with van der Waals surface area (Å²) in [5, 5.41) is 0. The molecule has 0 radical (unpaired) electrons. The number of H-pyrrole nitrogens is 1. The van der Waals surface area contributed by atoms with Crippen LogP contribution in [-0.2, 0) is 6.42 Å². The molecule has 1 aromatic heterocycles. The van der Waals surface area contributed by atoms with Gasteiger partial charge in [-0.15, -0.1) is 0 Å². The van der Waals surface area contributed by atoms with Crippen molar-refractivity contribution in [2.45, 2.75) is 39.0 Å². The highest BCUT2D eigenvalue weighted by atomic mass is 14.9. The largest absolute Gasteiger partial charge is 0.348 e. The van der Waals surface area contributed by atoms with Crippen molar-refractivity contribution in [3.05, 3.63) is 18.2 Å². The van der Waals surface area contributed by atoms with Crippen LogP contribution in [0, 0.1) is 11.8 Å². The van der Waals surface area contributed by atoms with Gasteiger partial charge in [0.1, 0.15) is 0 Å². The van der Waals surface area contributed by atoms with Gasteiger partial charge in [-0.2, -0.15) is 0 Å². The molecule has 0 aromatic carbocycles. The second-order valence-corrected chi connectivity index (χ2v) is 4.41. The molecule has 2 heteroatoms. The van der Waals surface area contributed by atoms with E-state index in [1.54, 1.807) is 6.33 Å². The first-order chi connectivity index (χ1) is 6.34. The highest BCUT2D eigenvalue weighted by Gasteiger charge is 2.18. The quantitative estimate of drug-likeness (QED) is 0.741. The van der Waals surface area contributed by atoms with E-state index in [4.69, 9.17) is 0 Å². The molecule has 1 heterocycles. The van der Waals surface area contributed by atoms with Crippen molar-refractivity contribution in [3.63, 3.8) is 0 Å². The topological polar surface area (TPSA) is 28.7 Å². The van der Waals surface area contributed by atoms with Crippen LogP contribution >= 0.6 is 0 Å². The molecule has 1 aliphatic rings. The Morgan fingerprint density at radius 1 is 1.38 bits per heavy atom. The molecule has 0 spiro atoms. The lowest BCUT2D eigenvalue weighted by Crippen LogP contribution is -2.14. The lowest BCUT2D eigenvalue weighted by molar-refractivity contribution is 0.287. The Kier molecular flexibility index (Phi) is 2.67. The number of hydrogen-bond acceptors (Lipinski definition) is 1. The van der Waals surface area contributed by atoms with Crippen LogP contribution in [0.15, 0.2) is 12.5 Å². The number of aromatic nitrogens is 2. The molecule has 2 nitrogen and oxygen atoms in total. The molecule has 0 amide bonds. The predicted octanol–water partition coefficient (Wildman–Crippen LogP) is 2.78. The summed E-state index contributed by atoms with van der Waals surface area (Å²) in [6.45, 7) is 2.37. The van der Waals surface area contributed by atoms with Crippen LogP contribution in [0.2, 0.25) is 0 Å². The fourth-order valence-corrected chi connectivity index (χ4v) is 2.24. The third-order valence-corrected chi connectivity index (χ3v) is 3.20. The van der Waals surface area contributed by atoms with Gasteiger partial charge >= 0.3 is 0 Å². The van der Waals surface area contributed by atoms with Gasteiger partial charge in [-0.1, -0.05) is 19.8 Å². The van der Waals surface area contributed by atoms with Crippen molar-refractivity contribution in [2.75, 3.05) is 0 Å². The standard InChI is InChI=1S/C11H18N2/c1-9-2-4-10(5-3-9)6-11-7-12-8-13-11/h7-10H,2-6H2,1H3,(H,12,13). The SMILES string of the molecule is CC1CCC(Cc2cnc[nH]2)CC1. The van der Waals surface area contributed by atoms with Crippen molar-refractivity contribution in [3.8, 4) is 0 Å². The second-order valence-electron chi connectivity index (χ2n) is 4.41. The average Bonchev–Trinajstić information content (AvgIpc) is 2.62. The van der Waals surface area contributed by atoms with Crippen LogP contribution in [0.1, 0.15) is 38.3 Å². The lowest BCUT2D eigenvalue weighted by Gasteiger charge is -2.25. The Labute approximate surface area is 79.8 Å². The zero-order valence-electron chi connectivity index (χ0n) is 8.29. The first-order valence-electron chi connectivity index (χ1n) is 5.32. The minimum absolute atomic E-state index is 0.900. The fraction of sp³-hybridized carbons (Fsp3) is 0.727. The molecule has 1 N–H and O–H groups in total. The predicted molar refractivity (Wildman–Crippen MR) is 53.4 cm³/mol. The summed E-state index contributed by atoms with van der Waals surface area (Å²) in [6, 6.07) is 0. The third kappa shape index (κ3) is 2.33. The van der Waals surface area contributed by atoms with Crippen LogP contribution in [0.3, 0.4) is 0 Å². The minimum Gasteiger partial charge on any atom is -0.348 e. The van der Waals surface area contributed by atoms with Gasteiger partial charge in [-0.25, -0.2) is 4.98 Å². The molecule has 72 valence electrons. The van der Waals surface area contributed by atoms with Gasteiger partial charge in [0.15, 0.2) is 0 Å². The van der Waals surface area contributed by atoms with Crippen LogP contribution in [0.25, 0.3) is 0 Å². The Balaban J connectivity index is 1.83. The lowest BCUT2D eigenvalue weighted by atomic mass is 9.81. The summed E-state index contributed by atoms with van der Waals surface area (Å²) < 4.78 is 0. The van der Waals surface area contributed by atoms with E-state index in [2.05, 4.69) is 16.9 Å². The maximum atomic E-state index is 4.05. The Morgan fingerprint density at radius 2 is 2.15 bits per heavy atom. The van der Waals surface area contributed by atoms with E-state index in [0.29, 0.717) is 0 Å². The fourth-order valence-electron chi connectivity index (χ4n) is 2.24. The summed E-state index contributed by atoms with van der Waals surface area (Å²) in [6.07, 6.45) is 10.6. The van der Waals surface area contributed by atoms with Crippen LogP contribution in [0.5, 0.6) is 0 Å². The van der Waals surface area contributed by atoms with E-state index in [1.807, 2.05) is 6.20 Å². The summed E-state index contributed by atoms with van der Waals surface area (Å²) in [7, 11) is 0. The van der Waals surface area contributed by atoms with Crippen LogP contribution in [-0.4, -0.2) is 9.97 Å². The van der Waals surface area contributed by atoms with E-state index in [1.165, 1.54) is 37.8 Å². The molecule has 0 bridgehead atoms. The summed E-state index contributed by atoms with van der Waals surface area (Å²) >= 11 is 0. The third-order valence-electron chi connectivity index (χ3n) is 3.20. The van der Waals surface area contributed by atoms with Gasteiger partial charge in [-0.05, 0) is 31.1 Å². The van der Waals surface area contributed by atoms with Crippen molar-refractivity contribution in [1.82, 2.24) is 9.97 Å². The zero-order chi connectivity index (χ0) is 9.10. The number of hydrogen-bond donors (Lipinski definition) is 1. The molecule has 1 aliphatic carbocycles. The number of rotatable bonds is 2. The van der Waals surface area contributed by atoms with Gasteiger partial charge in [0.25, 0.3) is 0 Å². The van der Waals surface area contributed by atoms with Crippen molar-refractivity contribution in [1.29, 1.82) is 0 Å². The maximum Gasteiger partial charge on any atom is 0.0921 e. The Hall–Kier alpha value is -0.790. The van der Waals surface area contributed by atoms with E-state index < -0.39 is 0 Å². The first kappa shape index (κ1) is 8.79. The molecular weight excluding hydrogens is 160 g/mol. The Bertz CT molecular complexity index is 233. The monoisotopic (exact) mass is 178 g/mol. The normalized spacial score (nSPS) is 29.0. The smallest absolute Gasteiger partial charge is 0.0921 e. The van der Waals surface area contributed by atoms with Gasteiger partial charge in [0, 0.05) is 11.9 Å². The minimum atomic E-state index is 0.900. The second kappa shape index (κ2) is 3.95. The summed E-state index contributed by atoms with van der Waals surface area (Å²) in [4.78, 5) is 7.23. The molecule has 0 atom stereocenters. The summed E-state index contributed by atoms with van der Waals surface area (Å²) in [5.74, 6) is 1.86. The van der Waals surface area contributed by atoms with E-state index in [9.17, 15) is 0 Å². The molecule has 0 saturated heterocycles. The van der Waals surface area contributed by atoms with Crippen molar-refractivity contribution in [2.24, 2.45) is 11.8 Å². The van der Waals surface area contributed by atoms with E-state index in [0.717, 1.165) is 11.8 Å². The number of nitrogens with zero attached hydrogens (tertiary/aromatic N) is 1. The van der Waals surface area contributed by atoms with Crippen molar-refractivity contribution < 1.29 is 0 Å². The molecule has 1 fully saturated rings. The average molecular weight is 178 g/mol. The molecule has 1 saturated carbocycles. The molecule has 13 heavy (non-hydrogen) atoms. The van der Waals surface area contributed by atoms with Crippen LogP contribution in [0.4, 0.5) is 0 Å². The summed E-state index contributed by atoms with van der Waals surface area (Å²) in [5.41, 5.74) is 1.31. The highest BCUT2D eigenvalue weighted by molar-refractivity contribution is 4.96. The molecule has 0 aliphatic heterocycles. The maximum absolute atomic E-state index is 4.05. The first-order valence-corrected chi connectivity index (χ1v) is 5.32. The molecule has 1 aromatic rings. The van der Waals surface area contributed by atoms with E-state index in [-0.39, 0.29) is 0 Å². The van der Waals surface area contributed by atoms with Crippen molar-refractivity contribution >= 4 is 0 Å². The molecule has 2 rings (SSSR count). The number of aromatic amines is 1. The van der Waals surface area contributed by atoms with E-state index >= 15 is 0 Å². The van der Waals surface area contributed by atoms with Gasteiger partial charge in [0.2, 0.25) is 0 Å². The van der Waals surface area contributed by atoms with Gasteiger partial charge in [0.05, 0.1) is 6.33 Å². The van der Waals surface area contributed by atoms with Gasteiger partial charge < -0.3 is 4.98 Å².